The third-order valence-electron chi connectivity index (χ3n) is 4.05. The van der Waals surface area contributed by atoms with Crippen LogP contribution < -0.4 is 15.5 Å². The van der Waals surface area contributed by atoms with E-state index in [1.165, 1.54) is 18.6 Å². The van der Waals surface area contributed by atoms with Crippen LogP contribution in [0.4, 0.5) is 20.8 Å². The fourth-order valence-electron chi connectivity index (χ4n) is 2.86. The first-order valence-corrected chi connectivity index (χ1v) is 8.50. The number of carbonyl (C=O) groups is 1. The highest BCUT2D eigenvalue weighted by Gasteiger charge is 2.15. The van der Waals surface area contributed by atoms with E-state index in [0.29, 0.717) is 5.69 Å². The van der Waals surface area contributed by atoms with E-state index in [1.54, 1.807) is 12.1 Å². The molecule has 1 aromatic carbocycles. The number of benzene rings is 1. The summed E-state index contributed by atoms with van der Waals surface area (Å²) in [5.41, 5.74) is 2.03. The Kier molecular flexibility index (Phi) is 5.42. The van der Waals surface area contributed by atoms with Crippen molar-refractivity contribution in [2.24, 2.45) is 0 Å². The normalized spacial score (nSPS) is 14.2. The van der Waals surface area contributed by atoms with E-state index in [4.69, 9.17) is 0 Å². The monoisotopic (exact) mass is 343 g/mol. The number of aromatic nitrogens is 2. The summed E-state index contributed by atoms with van der Waals surface area (Å²) < 4.78 is 13.1. The Morgan fingerprint density at radius 1 is 1.20 bits per heavy atom. The molecule has 6 nitrogen and oxygen atoms in total. The molecule has 0 saturated carbocycles. The summed E-state index contributed by atoms with van der Waals surface area (Å²) in [5.74, 6) is 0.331. The molecule has 2 amide bonds. The van der Waals surface area contributed by atoms with E-state index in [2.05, 4.69) is 25.5 Å². The van der Waals surface area contributed by atoms with Gasteiger partial charge >= 0.3 is 6.03 Å². The predicted octanol–water partition coefficient (Wildman–Crippen LogP) is 3.24. The van der Waals surface area contributed by atoms with Gasteiger partial charge in [0, 0.05) is 24.5 Å². The summed E-state index contributed by atoms with van der Waals surface area (Å²) in [4.78, 5) is 23.2. The molecular weight excluding hydrogens is 321 g/mol. The van der Waals surface area contributed by atoms with E-state index in [-0.39, 0.29) is 6.54 Å². The average Bonchev–Trinajstić information content (AvgIpc) is 2.60. The molecule has 7 heteroatoms. The van der Waals surface area contributed by atoms with E-state index < -0.39 is 11.8 Å². The van der Waals surface area contributed by atoms with Gasteiger partial charge in [-0.2, -0.15) is 0 Å². The molecule has 2 heterocycles. The molecule has 2 N–H and O–H groups in total. The van der Waals surface area contributed by atoms with Gasteiger partial charge in [0.1, 0.15) is 5.82 Å². The molecule has 0 bridgehead atoms. The lowest BCUT2D eigenvalue weighted by molar-refractivity contribution is 0.251. The summed E-state index contributed by atoms with van der Waals surface area (Å²) in [6.07, 6.45) is 3.55. The molecule has 1 aliphatic rings. The van der Waals surface area contributed by atoms with Crippen LogP contribution in [0.1, 0.15) is 30.7 Å². The summed E-state index contributed by atoms with van der Waals surface area (Å²) in [6, 6.07) is 7.23. The lowest BCUT2D eigenvalue weighted by Crippen LogP contribution is -2.32. The second kappa shape index (κ2) is 7.92. The van der Waals surface area contributed by atoms with Gasteiger partial charge in [-0.15, -0.1) is 0 Å². The molecule has 1 aliphatic heterocycles. The van der Waals surface area contributed by atoms with Crippen molar-refractivity contribution < 1.29 is 9.18 Å². The summed E-state index contributed by atoms with van der Waals surface area (Å²) >= 11 is 0. The fraction of sp³-hybridized carbons (Fsp3) is 0.389. The molecular formula is C18H22FN5O. The van der Waals surface area contributed by atoms with Crippen LogP contribution >= 0.6 is 0 Å². The number of aryl methyl sites for hydroxylation is 1. The van der Waals surface area contributed by atoms with Crippen molar-refractivity contribution >= 4 is 17.7 Å². The van der Waals surface area contributed by atoms with Crippen molar-refractivity contribution in [3.63, 3.8) is 0 Å². The molecule has 2 aromatic rings. The SMILES string of the molecule is Cc1cc(CNC(=O)Nc2cccc(F)c2)nc(N2CCCCC2)n1. The lowest BCUT2D eigenvalue weighted by atomic mass is 10.1. The van der Waals surface area contributed by atoms with E-state index in [9.17, 15) is 9.18 Å². The minimum absolute atomic E-state index is 0.283. The highest BCUT2D eigenvalue weighted by atomic mass is 19.1. The Bertz CT molecular complexity index is 746. The summed E-state index contributed by atoms with van der Waals surface area (Å²) in [7, 11) is 0. The minimum Gasteiger partial charge on any atom is -0.341 e. The van der Waals surface area contributed by atoms with Crippen molar-refractivity contribution in [1.82, 2.24) is 15.3 Å². The molecule has 1 fully saturated rings. The molecule has 0 unspecified atom stereocenters. The van der Waals surface area contributed by atoms with E-state index >= 15 is 0 Å². The van der Waals surface area contributed by atoms with Crippen LogP contribution in [0.25, 0.3) is 0 Å². The van der Waals surface area contributed by atoms with Gasteiger partial charge in [0.25, 0.3) is 0 Å². The van der Waals surface area contributed by atoms with Gasteiger partial charge in [0.05, 0.1) is 12.2 Å². The smallest absolute Gasteiger partial charge is 0.319 e. The topological polar surface area (TPSA) is 70.2 Å². The number of rotatable bonds is 4. The molecule has 0 aliphatic carbocycles. The Morgan fingerprint density at radius 2 is 2.00 bits per heavy atom. The van der Waals surface area contributed by atoms with Crippen LogP contribution in [-0.2, 0) is 6.54 Å². The zero-order valence-corrected chi connectivity index (χ0v) is 14.3. The van der Waals surface area contributed by atoms with Crippen LogP contribution in [0.15, 0.2) is 30.3 Å². The zero-order valence-electron chi connectivity index (χ0n) is 14.3. The van der Waals surface area contributed by atoms with Crippen molar-refractivity contribution in [3.8, 4) is 0 Å². The lowest BCUT2D eigenvalue weighted by Gasteiger charge is -2.27. The maximum absolute atomic E-state index is 13.1. The molecule has 0 atom stereocenters. The van der Waals surface area contributed by atoms with Crippen molar-refractivity contribution in [3.05, 3.63) is 47.5 Å². The fourth-order valence-corrected chi connectivity index (χ4v) is 2.86. The third kappa shape index (κ3) is 4.89. The number of carbonyl (C=O) groups excluding carboxylic acids is 1. The Balaban J connectivity index is 1.60. The number of anilines is 2. The molecule has 1 aromatic heterocycles. The summed E-state index contributed by atoms with van der Waals surface area (Å²) in [6.45, 7) is 4.14. The Hall–Kier alpha value is -2.70. The van der Waals surface area contributed by atoms with Crippen LogP contribution in [0.2, 0.25) is 0 Å². The number of amides is 2. The predicted molar refractivity (Wildman–Crippen MR) is 95.1 cm³/mol. The van der Waals surface area contributed by atoms with Crippen molar-refractivity contribution in [1.29, 1.82) is 0 Å². The van der Waals surface area contributed by atoms with E-state index in [0.717, 1.165) is 43.3 Å². The number of nitrogens with one attached hydrogen (secondary N) is 2. The first kappa shape index (κ1) is 17.1. The van der Waals surface area contributed by atoms with Gasteiger partial charge in [-0.1, -0.05) is 6.07 Å². The maximum atomic E-state index is 13.1. The number of hydrogen-bond donors (Lipinski definition) is 2. The Labute approximate surface area is 146 Å². The highest BCUT2D eigenvalue weighted by molar-refractivity contribution is 5.89. The third-order valence-corrected chi connectivity index (χ3v) is 4.05. The van der Waals surface area contributed by atoms with Crippen LogP contribution in [-0.4, -0.2) is 29.1 Å². The van der Waals surface area contributed by atoms with Gasteiger partial charge in [0.15, 0.2) is 0 Å². The van der Waals surface area contributed by atoms with Crippen LogP contribution in [0.5, 0.6) is 0 Å². The van der Waals surface area contributed by atoms with Gasteiger partial charge < -0.3 is 15.5 Å². The largest absolute Gasteiger partial charge is 0.341 e. The number of halogens is 1. The maximum Gasteiger partial charge on any atom is 0.319 e. The quantitative estimate of drug-likeness (QED) is 0.894. The first-order chi connectivity index (χ1) is 12.1. The molecule has 0 radical (unpaired) electrons. The van der Waals surface area contributed by atoms with Crippen LogP contribution in [0, 0.1) is 12.7 Å². The number of nitrogens with zero attached hydrogens (tertiary/aromatic N) is 3. The second-order valence-electron chi connectivity index (χ2n) is 6.17. The van der Waals surface area contributed by atoms with Crippen molar-refractivity contribution in [2.75, 3.05) is 23.3 Å². The van der Waals surface area contributed by atoms with Gasteiger partial charge in [-0.25, -0.2) is 19.2 Å². The average molecular weight is 343 g/mol. The molecule has 3 rings (SSSR count). The Morgan fingerprint density at radius 3 is 2.76 bits per heavy atom. The van der Waals surface area contributed by atoms with E-state index in [1.807, 2.05) is 13.0 Å². The number of hydrogen-bond acceptors (Lipinski definition) is 4. The van der Waals surface area contributed by atoms with Gasteiger partial charge in [-0.3, -0.25) is 0 Å². The molecule has 25 heavy (non-hydrogen) atoms. The first-order valence-electron chi connectivity index (χ1n) is 8.50. The zero-order chi connectivity index (χ0) is 17.6. The van der Waals surface area contributed by atoms with Crippen LogP contribution in [0.3, 0.4) is 0 Å². The number of urea groups is 1. The second-order valence-corrected chi connectivity index (χ2v) is 6.17. The van der Waals surface area contributed by atoms with Gasteiger partial charge in [-0.05, 0) is 50.5 Å². The molecule has 132 valence electrons. The highest BCUT2D eigenvalue weighted by Crippen LogP contribution is 2.16. The standard InChI is InChI=1S/C18H22FN5O/c1-13-10-16(22-17(21-13)24-8-3-2-4-9-24)12-20-18(25)23-15-7-5-6-14(19)11-15/h5-7,10-11H,2-4,8-9,12H2,1H3,(H2,20,23,25). The van der Waals surface area contributed by atoms with Gasteiger partial charge in [0.2, 0.25) is 5.95 Å². The summed E-state index contributed by atoms with van der Waals surface area (Å²) in [5, 5.41) is 5.34. The molecule has 1 saturated heterocycles. The number of piperidine rings is 1. The molecule has 0 spiro atoms. The van der Waals surface area contributed by atoms with Crippen molar-refractivity contribution in [2.45, 2.75) is 32.7 Å². The minimum atomic E-state index is -0.401.